The van der Waals surface area contributed by atoms with Gasteiger partial charge in [0.15, 0.2) is 5.58 Å². The van der Waals surface area contributed by atoms with Gasteiger partial charge in [-0.2, -0.15) is 0 Å². The Morgan fingerprint density at radius 1 is 1.08 bits per heavy atom. The van der Waals surface area contributed by atoms with Crippen LogP contribution in [-0.4, -0.2) is 45.2 Å². The normalized spacial score (nSPS) is 20.2. The highest BCUT2D eigenvalue weighted by molar-refractivity contribution is 6.14. The standard InChI is InChI=1S/C27H27N5O4/c33-22-4-2-14-32(22)19-9-6-17(7-10-19)26(34)31-24-23-21(3-1-12-29-23)36-25(24)27(35)30-18-8-5-16-11-13-28-20(16)15-18/h1,3,5,8,11-13,15,17,19,28H,2,4,6-7,9-10,14H2,(H,30,35)(H,31,34). The van der Waals surface area contributed by atoms with Crippen molar-refractivity contribution < 1.29 is 18.8 Å². The van der Waals surface area contributed by atoms with E-state index in [9.17, 15) is 14.4 Å². The van der Waals surface area contributed by atoms with Crippen LogP contribution in [0.3, 0.4) is 0 Å². The maximum absolute atomic E-state index is 13.3. The Kier molecular flexibility index (Phi) is 5.67. The molecule has 2 aliphatic rings. The van der Waals surface area contributed by atoms with E-state index in [1.54, 1.807) is 18.3 Å². The first-order chi connectivity index (χ1) is 17.6. The van der Waals surface area contributed by atoms with Crippen LogP contribution in [-0.2, 0) is 9.59 Å². The molecule has 1 aliphatic heterocycles. The minimum atomic E-state index is -0.467. The number of pyridine rings is 1. The molecule has 4 heterocycles. The summed E-state index contributed by atoms with van der Waals surface area (Å²) in [5.74, 6) is -0.578. The first-order valence-corrected chi connectivity index (χ1v) is 12.4. The zero-order chi connectivity index (χ0) is 24.6. The third kappa shape index (κ3) is 4.10. The minimum absolute atomic E-state index is 0.0139. The Bertz CT molecular complexity index is 1460. The second-order valence-corrected chi connectivity index (χ2v) is 9.58. The first-order valence-electron chi connectivity index (χ1n) is 12.4. The molecule has 3 aromatic heterocycles. The molecule has 0 atom stereocenters. The highest BCUT2D eigenvalue weighted by atomic mass is 16.3. The van der Waals surface area contributed by atoms with Crippen LogP contribution < -0.4 is 10.6 Å². The maximum atomic E-state index is 13.3. The molecule has 0 unspecified atom stereocenters. The molecule has 9 heteroatoms. The number of H-pyrrole nitrogens is 1. The van der Waals surface area contributed by atoms with Gasteiger partial charge in [0, 0.05) is 48.5 Å². The molecule has 1 aromatic carbocycles. The van der Waals surface area contributed by atoms with Crippen LogP contribution in [0.25, 0.3) is 22.0 Å². The van der Waals surface area contributed by atoms with Crippen molar-refractivity contribution in [2.75, 3.05) is 17.2 Å². The smallest absolute Gasteiger partial charge is 0.293 e. The molecule has 184 valence electrons. The predicted octanol–water partition coefficient (Wildman–Crippen LogP) is 4.68. The molecule has 0 radical (unpaired) electrons. The minimum Gasteiger partial charge on any atom is -0.447 e. The van der Waals surface area contributed by atoms with E-state index >= 15 is 0 Å². The lowest BCUT2D eigenvalue weighted by Gasteiger charge is -2.34. The number of amides is 3. The molecule has 9 nitrogen and oxygen atoms in total. The quantitative estimate of drug-likeness (QED) is 0.379. The van der Waals surface area contributed by atoms with Gasteiger partial charge in [0.2, 0.25) is 17.6 Å². The van der Waals surface area contributed by atoms with Crippen LogP contribution in [0.4, 0.5) is 11.4 Å². The van der Waals surface area contributed by atoms with Crippen molar-refractivity contribution in [2.45, 2.75) is 44.6 Å². The Balaban J connectivity index is 1.20. The molecule has 2 fully saturated rings. The Hall–Kier alpha value is -4.14. The highest BCUT2D eigenvalue weighted by Gasteiger charge is 2.34. The molecule has 1 saturated carbocycles. The molecule has 36 heavy (non-hydrogen) atoms. The molecule has 4 aromatic rings. The van der Waals surface area contributed by atoms with Crippen molar-refractivity contribution in [1.29, 1.82) is 0 Å². The molecule has 3 amide bonds. The van der Waals surface area contributed by atoms with Crippen LogP contribution in [0, 0.1) is 5.92 Å². The van der Waals surface area contributed by atoms with Crippen molar-refractivity contribution >= 4 is 51.1 Å². The van der Waals surface area contributed by atoms with E-state index in [4.69, 9.17) is 4.42 Å². The largest absolute Gasteiger partial charge is 0.447 e. The summed E-state index contributed by atoms with van der Waals surface area (Å²) in [6.45, 7) is 0.822. The van der Waals surface area contributed by atoms with E-state index in [0.717, 1.165) is 36.7 Å². The third-order valence-corrected chi connectivity index (χ3v) is 7.33. The van der Waals surface area contributed by atoms with Gasteiger partial charge >= 0.3 is 0 Å². The van der Waals surface area contributed by atoms with Crippen LogP contribution in [0.15, 0.2) is 53.2 Å². The zero-order valence-electron chi connectivity index (χ0n) is 19.8. The maximum Gasteiger partial charge on any atom is 0.293 e. The molecule has 0 bridgehead atoms. The summed E-state index contributed by atoms with van der Waals surface area (Å²) in [6, 6.07) is 11.2. The fourth-order valence-corrected chi connectivity index (χ4v) is 5.45. The number of likely N-dealkylation sites (tertiary alicyclic amines) is 1. The summed E-state index contributed by atoms with van der Waals surface area (Å²) < 4.78 is 5.85. The van der Waals surface area contributed by atoms with Crippen molar-refractivity contribution in [1.82, 2.24) is 14.9 Å². The molecule has 1 saturated heterocycles. The average molecular weight is 486 g/mol. The highest BCUT2D eigenvalue weighted by Crippen LogP contribution is 2.34. The lowest BCUT2D eigenvalue weighted by atomic mass is 9.84. The molecule has 3 N–H and O–H groups in total. The van der Waals surface area contributed by atoms with E-state index in [0.29, 0.717) is 36.0 Å². The lowest BCUT2D eigenvalue weighted by Crippen LogP contribution is -2.40. The Morgan fingerprint density at radius 3 is 2.75 bits per heavy atom. The fraction of sp³-hybridized carbons (Fsp3) is 0.333. The number of nitrogens with zero attached hydrogens (tertiary/aromatic N) is 2. The van der Waals surface area contributed by atoms with Gasteiger partial charge < -0.3 is 24.9 Å². The van der Waals surface area contributed by atoms with Crippen molar-refractivity contribution in [3.8, 4) is 0 Å². The number of fused-ring (bicyclic) bond motifs is 2. The third-order valence-electron chi connectivity index (χ3n) is 7.33. The molecular formula is C27H27N5O4. The number of carbonyl (C=O) groups is 3. The number of nitrogens with one attached hydrogen (secondary N) is 3. The van der Waals surface area contributed by atoms with E-state index < -0.39 is 5.91 Å². The zero-order valence-corrected chi connectivity index (χ0v) is 19.8. The lowest BCUT2D eigenvalue weighted by molar-refractivity contribution is -0.130. The molecule has 6 rings (SSSR count). The second kappa shape index (κ2) is 9.14. The number of hydrogen-bond acceptors (Lipinski definition) is 5. The topological polar surface area (TPSA) is 120 Å². The SMILES string of the molecule is O=C(Nc1ccc2cc[nH]c2c1)c1oc2cccnc2c1NC(=O)C1CCC(N2CCCC2=O)CC1. The van der Waals surface area contributed by atoms with Gasteiger partial charge in [0.05, 0.1) is 0 Å². The van der Waals surface area contributed by atoms with Gasteiger partial charge in [-0.15, -0.1) is 0 Å². The van der Waals surface area contributed by atoms with Crippen molar-refractivity contribution in [3.63, 3.8) is 0 Å². The molecule has 0 spiro atoms. The van der Waals surface area contributed by atoms with Crippen molar-refractivity contribution in [2.24, 2.45) is 5.92 Å². The van der Waals surface area contributed by atoms with Crippen LogP contribution in [0.1, 0.15) is 49.1 Å². The number of carbonyl (C=O) groups excluding carboxylic acids is 3. The summed E-state index contributed by atoms with van der Waals surface area (Å²) in [7, 11) is 0. The van der Waals surface area contributed by atoms with Crippen molar-refractivity contribution in [3.05, 3.63) is 54.6 Å². The number of anilines is 2. The van der Waals surface area contributed by atoms with Gasteiger partial charge in [-0.3, -0.25) is 19.4 Å². The molecule has 1 aliphatic carbocycles. The number of aromatic amines is 1. The number of rotatable bonds is 5. The van der Waals surface area contributed by atoms with E-state index in [1.807, 2.05) is 35.4 Å². The summed E-state index contributed by atoms with van der Waals surface area (Å²) in [4.78, 5) is 48.0. The van der Waals surface area contributed by atoms with Gasteiger partial charge in [-0.1, -0.05) is 6.07 Å². The fourth-order valence-electron chi connectivity index (χ4n) is 5.45. The summed E-state index contributed by atoms with van der Waals surface area (Å²) in [5.41, 5.74) is 2.65. The number of hydrogen-bond donors (Lipinski definition) is 3. The second-order valence-electron chi connectivity index (χ2n) is 9.58. The van der Waals surface area contributed by atoms with Gasteiger partial charge in [0.25, 0.3) is 5.91 Å². The summed E-state index contributed by atoms with van der Waals surface area (Å²) >= 11 is 0. The number of benzene rings is 1. The summed E-state index contributed by atoms with van der Waals surface area (Å²) in [5, 5.41) is 6.85. The van der Waals surface area contributed by atoms with E-state index in [1.165, 1.54) is 0 Å². The summed E-state index contributed by atoms with van der Waals surface area (Å²) in [6.07, 6.45) is 8.00. The average Bonchev–Trinajstić information content (AvgIpc) is 3.62. The monoisotopic (exact) mass is 485 g/mol. The number of furan rings is 1. The van der Waals surface area contributed by atoms with Crippen LogP contribution in [0.5, 0.6) is 0 Å². The number of aromatic nitrogens is 2. The first kappa shape index (κ1) is 22.3. The van der Waals surface area contributed by atoms with E-state index in [2.05, 4.69) is 20.6 Å². The molecular weight excluding hydrogens is 458 g/mol. The Labute approximate surface area is 207 Å². The van der Waals surface area contributed by atoms with Gasteiger partial charge in [-0.25, -0.2) is 0 Å². The van der Waals surface area contributed by atoms with Gasteiger partial charge in [0.1, 0.15) is 11.2 Å². The van der Waals surface area contributed by atoms with E-state index in [-0.39, 0.29) is 35.2 Å². The Morgan fingerprint density at radius 2 is 1.94 bits per heavy atom. The van der Waals surface area contributed by atoms with Crippen LogP contribution in [0.2, 0.25) is 0 Å². The predicted molar refractivity (Wildman–Crippen MR) is 136 cm³/mol. The van der Waals surface area contributed by atoms with Crippen LogP contribution >= 0.6 is 0 Å². The van der Waals surface area contributed by atoms with Gasteiger partial charge in [-0.05, 0) is 67.8 Å².